The van der Waals surface area contributed by atoms with Crippen molar-refractivity contribution in [3.8, 4) is 0 Å². The molecule has 0 aliphatic rings. The molecule has 1 aromatic heterocycles. The van der Waals surface area contributed by atoms with Crippen LogP contribution in [0.1, 0.15) is 11.3 Å². The summed E-state index contributed by atoms with van der Waals surface area (Å²) in [6.45, 7) is 0.729. The molecule has 2 rings (SSSR count). The Bertz CT molecular complexity index is 462. The van der Waals surface area contributed by atoms with Crippen molar-refractivity contribution >= 4 is 6.08 Å². The van der Waals surface area contributed by atoms with Crippen LogP contribution >= 0.6 is 0 Å². The van der Waals surface area contributed by atoms with Crippen LogP contribution in [-0.4, -0.2) is 26.7 Å². The fourth-order valence-corrected chi connectivity index (χ4v) is 1.41. The Morgan fingerprint density at radius 1 is 1.25 bits per heavy atom. The fourth-order valence-electron chi connectivity index (χ4n) is 1.41. The molecule has 0 saturated heterocycles. The van der Waals surface area contributed by atoms with Crippen molar-refractivity contribution in [2.75, 3.05) is 6.61 Å². The highest BCUT2D eigenvalue weighted by molar-refractivity contribution is 5.42. The van der Waals surface area contributed by atoms with Crippen molar-refractivity contribution in [2.45, 2.75) is 6.54 Å². The topological polar surface area (TPSA) is 50.9 Å². The van der Waals surface area contributed by atoms with Crippen molar-refractivity contribution in [1.82, 2.24) is 15.0 Å². The number of hydrogen-bond acceptors (Lipinski definition) is 3. The molecule has 0 unspecified atom stereocenters. The third kappa shape index (κ3) is 2.77. The number of aliphatic hydroxyl groups is 1. The van der Waals surface area contributed by atoms with Crippen LogP contribution in [0.3, 0.4) is 0 Å². The van der Waals surface area contributed by atoms with Crippen molar-refractivity contribution in [1.29, 1.82) is 0 Å². The Balaban J connectivity index is 2.06. The number of rotatable bonds is 4. The zero-order chi connectivity index (χ0) is 11.2. The average molecular weight is 215 g/mol. The fraction of sp³-hybridized carbons (Fsp3) is 0.167. The molecule has 0 atom stereocenters. The lowest BCUT2D eigenvalue weighted by Gasteiger charge is -1.98. The van der Waals surface area contributed by atoms with E-state index in [1.54, 1.807) is 16.8 Å². The van der Waals surface area contributed by atoms with Crippen LogP contribution in [0.2, 0.25) is 0 Å². The van der Waals surface area contributed by atoms with Crippen molar-refractivity contribution in [3.63, 3.8) is 0 Å². The first-order chi connectivity index (χ1) is 7.88. The van der Waals surface area contributed by atoms with Gasteiger partial charge in [0.2, 0.25) is 0 Å². The van der Waals surface area contributed by atoms with E-state index >= 15 is 0 Å². The molecule has 2 aromatic rings. The zero-order valence-electron chi connectivity index (χ0n) is 8.82. The van der Waals surface area contributed by atoms with Crippen LogP contribution in [0.15, 0.2) is 42.6 Å². The highest BCUT2D eigenvalue weighted by Crippen LogP contribution is 2.02. The van der Waals surface area contributed by atoms with Gasteiger partial charge in [0.05, 0.1) is 19.3 Å². The third-order valence-electron chi connectivity index (χ3n) is 2.14. The molecule has 16 heavy (non-hydrogen) atoms. The second-order valence-electron chi connectivity index (χ2n) is 3.41. The van der Waals surface area contributed by atoms with E-state index in [4.69, 9.17) is 5.11 Å². The quantitative estimate of drug-likeness (QED) is 0.837. The van der Waals surface area contributed by atoms with E-state index < -0.39 is 0 Å². The molecule has 0 aliphatic heterocycles. The molecule has 1 heterocycles. The molecule has 82 valence electrons. The van der Waals surface area contributed by atoms with Crippen molar-refractivity contribution < 1.29 is 5.11 Å². The van der Waals surface area contributed by atoms with Gasteiger partial charge in [0.15, 0.2) is 0 Å². The number of hydrogen-bond donors (Lipinski definition) is 1. The zero-order valence-corrected chi connectivity index (χ0v) is 8.82. The van der Waals surface area contributed by atoms with Crippen LogP contribution in [0.25, 0.3) is 6.08 Å². The Morgan fingerprint density at radius 2 is 2.06 bits per heavy atom. The highest BCUT2D eigenvalue weighted by Gasteiger charge is 1.97. The van der Waals surface area contributed by atoms with Crippen molar-refractivity contribution in [2.24, 2.45) is 0 Å². The van der Waals surface area contributed by atoms with Gasteiger partial charge in [-0.3, -0.25) is 0 Å². The Kier molecular flexibility index (Phi) is 3.46. The Labute approximate surface area is 93.8 Å². The molecule has 4 nitrogen and oxygen atoms in total. The van der Waals surface area contributed by atoms with Gasteiger partial charge < -0.3 is 5.11 Å². The van der Waals surface area contributed by atoms with Crippen molar-refractivity contribution in [3.05, 3.63) is 53.9 Å². The second kappa shape index (κ2) is 5.23. The molecule has 0 bridgehead atoms. The third-order valence-corrected chi connectivity index (χ3v) is 2.14. The summed E-state index contributed by atoms with van der Waals surface area (Å²) in [4.78, 5) is 0. The summed E-state index contributed by atoms with van der Waals surface area (Å²) < 4.78 is 1.77. The SMILES string of the molecule is OCC=Cc1cn(Cc2ccccc2)nn1. The number of nitrogens with zero attached hydrogens (tertiary/aromatic N) is 3. The lowest BCUT2D eigenvalue weighted by atomic mass is 10.2. The standard InChI is InChI=1S/C12H13N3O/c16-8-4-7-12-10-15(14-13-12)9-11-5-2-1-3-6-11/h1-7,10,16H,8-9H2. The smallest absolute Gasteiger partial charge is 0.105 e. The molecular formula is C12H13N3O. The summed E-state index contributed by atoms with van der Waals surface area (Å²) in [7, 11) is 0. The molecular weight excluding hydrogens is 202 g/mol. The van der Waals surface area contributed by atoms with Crippen LogP contribution in [-0.2, 0) is 6.54 Å². The first-order valence-electron chi connectivity index (χ1n) is 5.10. The van der Waals surface area contributed by atoms with Gasteiger partial charge in [0.1, 0.15) is 5.69 Å². The molecule has 0 saturated carbocycles. The summed E-state index contributed by atoms with van der Waals surface area (Å²) >= 11 is 0. The lowest BCUT2D eigenvalue weighted by molar-refractivity contribution is 0.343. The van der Waals surface area contributed by atoms with Gasteiger partial charge in [0.25, 0.3) is 0 Å². The van der Waals surface area contributed by atoms with Crippen LogP contribution in [0, 0.1) is 0 Å². The molecule has 4 heteroatoms. The minimum absolute atomic E-state index is 0.0194. The van der Waals surface area contributed by atoms with E-state index in [9.17, 15) is 0 Å². The predicted octanol–water partition coefficient (Wildman–Crippen LogP) is 1.33. The van der Waals surface area contributed by atoms with Crippen LogP contribution in [0.5, 0.6) is 0 Å². The normalized spacial score (nSPS) is 11.1. The molecule has 1 aromatic carbocycles. The van der Waals surface area contributed by atoms with E-state index in [-0.39, 0.29) is 6.61 Å². The summed E-state index contributed by atoms with van der Waals surface area (Å²) in [5, 5.41) is 16.6. The van der Waals surface area contributed by atoms with Gasteiger partial charge >= 0.3 is 0 Å². The van der Waals surface area contributed by atoms with Gasteiger partial charge in [-0.05, 0) is 11.6 Å². The number of benzene rings is 1. The summed E-state index contributed by atoms with van der Waals surface area (Å²) in [6.07, 6.45) is 5.23. The predicted molar refractivity (Wildman–Crippen MR) is 61.7 cm³/mol. The van der Waals surface area contributed by atoms with E-state index in [1.807, 2.05) is 36.5 Å². The monoisotopic (exact) mass is 215 g/mol. The lowest BCUT2D eigenvalue weighted by Crippen LogP contribution is -1.99. The first kappa shape index (κ1) is 10.6. The molecule has 0 aliphatic carbocycles. The van der Waals surface area contributed by atoms with Crippen LogP contribution in [0.4, 0.5) is 0 Å². The van der Waals surface area contributed by atoms with E-state index in [0.29, 0.717) is 6.54 Å². The van der Waals surface area contributed by atoms with E-state index in [0.717, 1.165) is 5.69 Å². The van der Waals surface area contributed by atoms with Crippen LogP contribution < -0.4 is 0 Å². The molecule has 0 amide bonds. The number of aliphatic hydroxyl groups excluding tert-OH is 1. The van der Waals surface area contributed by atoms with E-state index in [1.165, 1.54) is 5.56 Å². The van der Waals surface area contributed by atoms with Gasteiger partial charge in [-0.2, -0.15) is 0 Å². The van der Waals surface area contributed by atoms with Gasteiger partial charge in [-0.15, -0.1) is 5.10 Å². The highest BCUT2D eigenvalue weighted by atomic mass is 16.2. The number of aromatic nitrogens is 3. The van der Waals surface area contributed by atoms with Gasteiger partial charge in [-0.25, -0.2) is 4.68 Å². The molecule has 0 spiro atoms. The Morgan fingerprint density at radius 3 is 2.81 bits per heavy atom. The maximum atomic E-state index is 8.63. The average Bonchev–Trinajstić information content (AvgIpc) is 2.75. The largest absolute Gasteiger partial charge is 0.392 e. The molecule has 1 N–H and O–H groups in total. The summed E-state index contributed by atoms with van der Waals surface area (Å²) in [6, 6.07) is 10.1. The second-order valence-corrected chi connectivity index (χ2v) is 3.41. The minimum atomic E-state index is 0.0194. The molecule has 0 fully saturated rings. The summed E-state index contributed by atoms with van der Waals surface area (Å²) in [5.41, 5.74) is 1.94. The maximum Gasteiger partial charge on any atom is 0.105 e. The summed E-state index contributed by atoms with van der Waals surface area (Å²) in [5.74, 6) is 0. The first-order valence-corrected chi connectivity index (χ1v) is 5.10. The Hall–Kier alpha value is -1.94. The van der Waals surface area contributed by atoms with Gasteiger partial charge in [0, 0.05) is 0 Å². The van der Waals surface area contributed by atoms with E-state index in [2.05, 4.69) is 10.3 Å². The maximum absolute atomic E-state index is 8.63. The molecule has 0 radical (unpaired) electrons. The van der Waals surface area contributed by atoms with Gasteiger partial charge in [-0.1, -0.05) is 41.6 Å². The minimum Gasteiger partial charge on any atom is -0.392 e.